The number of aryl methyl sites for hydroxylation is 6. The zero-order chi connectivity index (χ0) is 50.7. The van der Waals surface area contributed by atoms with Gasteiger partial charge in [-0.1, -0.05) is 149 Å². The third-order valence-corrected chi connectivity index (χ3v) is 17.3. The van der Waals surface area contributed by atoms with Gasteiger partial charge in [0.2, 0.25) is 0 Å². The van der Waals surface area contributed by atoms with E-state index in [4.69, 9.17) is 18.6 Å². The smallest absolute Gasteiger partial charge is 0.399 e. The summed E-state index contributed by atoms with van der Waals surface area (Å²) in [4.78, 5) is 0. The highest BCUT2D eigenvalue weighted by Crippen LogP contribution is 2.58. The molecule has 0 saturated carbocycles. The summed E-state index contributed by atoms with van der Waals surface area (Å²) in [5.74, 6) is 0. The molecule has 6 aromatic carbocycles. The van der Waals surface area contributed by atoms with Crippen LogP contribution >= 0.6 is 0 Å². The van der Waals surface area contributed by atoms with E-state index in [0.29, 0.717) is 0 Å². The van der Waals surface area contributed by atoms with E-state index in [1.165, 1.54) is 140 Å². The Morgan fingerprint density at radius 3 is 1.01 bits per heavy atom. The Bertz CT molecular complexity index is 2630. The van der Waals surface area contributed by atoms with Gasteiger partial charge in [-0.25, -0.2) is 0 Å². The molecule has 0 atom stereocenters. The molecule has 0 bridgehead atoms. The molecule has 6 aromatic rings. The molecule has 71 heavy (non-hydrogen) atoms. The normalized spacial score (nSPS) is 18.0. The molecule has 2 aliphatic heterocycles. The van der Waals surface area contributed by atoms with Crippen molar-refractivity contribution in [3.8, 4) is 33.4 Å². The fourth-order valence-electron chi connectivity index (χ4n) is 11.9. The van der Waals surface area contributed by atoms with Crippen LogP contribution in [0.15, 0.2) is 109 Å². The number of hydrogen-bond acceptors (Lipinski definition) is 4. The van der Waals surface area contributed by atoms with Crippen LogP contribution in [-0.2, 0) is 36.9 Å². The van der Waals surface area contributed by atoms with E-state index in [9.17, 15) is 0 Å². The Balaban J connectivity index is 1.22. The summed E-state index contributed by atoms with van der Waals surface area (Å²) in [6.07, 6.45) is 12.2. The van der Waals surface area contributed by atoms with Gasteiger partial charge in [0.15, 0.2) is 0 Å². The lowest BCUT2D eigenvalue weighted by Gasteiger charge is -2.35. The van der Waals surface area contributed by atoms with Gasteiger partial charge in [-0.2, -0.15) is 0 Å². The van der Waals surface area contributed by atoms with Gasteiger partial charge in [-0.05, 0) is 221 Å². The minimum Gasteiger partial charge on any atom is -0.399 e. The van der Waals surface area contributed by atoms with Crippen molar-refractivity contribution in [3.05, 3.63) is 165 Å². The lowest BCUT2D eigenvalue weighted by atomic mass is 9.66. The highest BCUT2D eigenvalue weighted by molar-refractivity contribution is 6.62. The predicted molar refractivity (Wildman–Crippen MR) is 301 cm³/mol. The first-order chi connectivity index (χ1) is 33.7. The van der Waals surface area contributed by atoms with E-state index < -0.39 is 42.1 Å². The molecule has 6 heteroatoms. The summed E-state index contributed by atoms with van der Waals surface area (Å²) in [6.45, 7) is 30.6. The monoisotopic (exact) mass is 947 g/mol. The van der Waals surface area contributed by atoms with Crippen LogP contribution in [0.5, 0.6) is 0 Å². The van der Waals surface area contributed by atoms with Crippen LogP contribution in [0, 0.1) is 27.7 Å². The molecular weight excluding hydrogens is 866 g/mol. The van der Waals surface area contributed by atoms with Gasteiger partial charge in [0.25, 0.3) is 0 Å². The van der Waals surface area contributed by atoms with Crippen LogP contribution in [-0.4, -0.2) is 36.6 Å². The minimum absolute atomic E-state index is 0.411. The van der Waals surface area contributed by atoms with Crippen molar-refractivity contribution in [1.29, 1.82) is 0 Å². The SMILES string of the molecule is CCCCCCc1ccc(C2(c3ccc(CCCCCC)cc3)c3cc(-c4c(C)cc(B5OC(C)(C)C(C)(C)O5)cc4C)ccc3-c3ccc(-c4c(C)cc(B5OC(C)(C)C(C)(C)O5)cc4C)cc32)cc1. The molecule has 1 aliphatic carbocycles. The van der Waals surface area contributed by atoms with Crippen molar-refractivity contribution in [2.45, 2.75) is 189 Å². The first-order valence-electron chi connectivity index (χ1n) is 27.1. The molecule has 0 unspecified atom stereocenters. The van der Waals surface area contributed by atoms with Crippen LogP contribution in [0.3, 0.4) is 0 Å². The maximum absolute atomic E-state index is 6.58. The molecule has 9 rings (SSSR count). The summed E-state index contributed by atoms with van der Waals surface area (Å²) in [5, 5.41) is 0. The standard InChI is InChI=1S/C65H80B2O4/c1-15-17-19-21-23-47-25-31-51(32-26-47)65(52-33-27-48(28-34-52)24-22-20-18-16-2)57-41-49(59-43(3)37-53(38-44(59)4)66-68-61(7,8)62(9,10)69-66)29-35-55(57)56-36-30-50(42-58(56)65)60-45(5)39-54(40-46(60)6)67-70-63(11,12)64(13,14)71-67/h25-42H,15-24H2,1-14H3. The maximum atomic E-state index is 6.58. The predicted octanol–water partition coefficient (Wildman–Crippen LogP) is 15.5. The topological polar surface area (TPSA) is 36.9 Å². The highest BCUT2D eigenvalue weighted by atomic mass is 16.7. The van der Waals surface area contributed by atoms with Gasteiger partial charge < -0.3 is 18.6 Å². The van der Waals surface area contributed by atoms with Crippen molar-refractivity contribution < 1.29 is 18.6 Å². The first kappa shape index (κ1) is 51.2. The Morgan fingerprint density at radius 2 is 0.704 bits per heavy atom. The zero-order valence-electron chi connectivity index (χ0n) is 45.8. The molecule has 2 saturated heterocycles. The van der Waals surface area contributed by atoms with Gasteiger partial charge in [0.1, 0.15) is 0 Å². The molecular formula is C65H80B2O4. The van der Waals surface area contributed by atoms with Crippen LogP contribution in [0.2, 0.25) is 0 Å². The van der Waals surface area contributed by atoms with Gasteiger partial charge in [-0.3, -0.25) is 0 Å². The number of unbranched alkanes of at least 4 members (excludes halogenated alkanes) is 6. The second-order valence-electron chi connectivity index (χ2n) is 23.5. The average molecular weight is 947 g/mol. The van der Waals surface area contributed by atoms with Crippen LogP contribution in [0.1, 0.15) is 176 Å². The molecule has 0 spiro atoms. The second kappa shape index (κ2) is 19.6. The summed E-state index contributed by atoms with van der Waals surface area (Å²) in [6, 6.07) is 43.2. The largest absolute Gasteiger partial charge is 0.494 e. The molecule has 3 aliphatic rings. The Kier molecular flexibility index (Phi) is 14.1. The van der Waals surface area contributed by atoms with Crippen molar-refractivity contribution in [2.75, 3.05) is 0 Å². The van der Waals surface area contributed by atoms with E-state index >= 15 is 0 Å². The van der Waals surface area contributed by atoms with Crippen LogP contribution in [0.25, 0.3) is 33.4 Å². The zero-order valence-corrected chi connectivity index (χ0v) is 45.8. The maximum Gasteiger partial charge on any atom is 0.494 e. The molecule has 0 amide bonds. The molecule has 2 heterocycles. The lowest BCUT2D eigenvalue weighted by molar-refractivity contribution is 0.00578. The average Bonchev–Trinajstić information content (AvgIpc) is 3.83. The van der Waals surface area contributed by atoms with Crippen molar-refractivity contribution >= 4 is 25.2 Å². The molecule has 370 valence electrons. The molecule has 0 N–H and O–H groups in total. The Morgan fingerprint density at radius 1 is 0.380 bits per heavy atom. The van der Waals surface area contributed by atoms with E-state index in [-0.39, 0.29) is 0 Å². The first-order valence-corrected chi connectivity index (χ1v) is 27.1. The summed E-state index contributed by atoms with van der Waals surface area (Å²) in [7, 11) is -0.835. The number of rotatable bonds is 16. The molecule has 2 fully saturated rings. The molecule has 0 radical (unpaired) electrons. The van der Waals surface area contributed by atoms with E-state index in [0.717, 1.165) is 23.8 Å². The number of fused-ring (bicyclic) bond motifs is 3. The van der Waals surface area contributed by atoms with Crippen LogP contribution < -0.4 is 10.9 Å². The molecule has 4 nitrogen and oxygen atoms in total. The number of hydrogen-bond donors (Lipinski definition) is 0. The van der Waals surface area contributed by atoms with Gasteiger partial charge >= 0.3 is 14.2 Å². The van der Waals surface area contributed by atoms with Crippen molar-refractivity contribution in [2.24, 2.45) is 0 Å². The Labute approximate surface area is 429 Å². The van der Waals surface area contributed by atoms with Crippen molar-refractivity contribution in [3.63, 3.8) is 0 Å². The minimum atomic E-state index is -0.590. The van der Waals surface area contributed by atoms with E-state index in [2.05, 4.69) is 206 Å². The second-order valence-corrected chi connectivity index (χ2v) is 23.5. The summed E-state index contributed by atoms with van der Waals surface area (Å²) >= 11 is 0. The third kappa shape index (κ3) is 9.34. The molecule has 0 aromatic heterocycles. The van der Waals surface area contributed by atoms with Gasteiger partial charge in [0, 0.05) is 0 Å². The van der Waals surface area contributed by atoms with Crippen molar-refractivity contribution in [1.82, 2.24) is 0 Å². The Hall–Kier alpha value is -4.71. The third-order valence-electron chi connectivity index (χ3n) is 17.3. The fraction of sp³-hybridized carbons (Fsp3) is 0.446. The van der Waals surface area contributed by atoms with E-state index in [1.807, 2.05) is 0 Å². The van der Waals surface area contributed by atoms with Crippen LogP contribution in [0.4, 0.5) is 0 Å². The van der Waals surface area contributed by atoms with Gasteiger partial charge in [0.05, 0.1) is 27.8 Å². The summed E-state index contributed by atoms with van der Waals surface area (Å²) in [5.41, 5.74) is 20.4. The fourth-order valence-corrected chi connectivity index (χ4v) is 11.9. The lowest BCUT2D eigenvalue weighted by Crippen LogP contribution is -2.41. The highest BCUT2D eigenvalue weighted by Gasteiger charge is 2.53. The van der Waals surface area contributed by atoms with Gasteiger partial charge in [-0.15, -0.1) is 0 Å². The number of benzene rings is 6. The quantitative estimate of drug-likeness (QED) is 0.0714. The van der Waals surface area contributed by atoms with E-state index in [1.54, 1.807) is 0 Å². The summed E-state index contributed by atoms with van der Waals surface area (Å²) < 4.78 is 26.3.